The molecule has 4 N–H and O–H groups in total. The van der Waals surface area contributed by atoms with E-state index in [4.69, 9.17) is 16.2 Å². The molecule has 1 aromatic heterocycles. The smallest absolute Gasteiger partial charge is 0.130 e. The Morgan fingerprint density at radius 3 is 2.48 bits per heavy atom. The highest BCUT2D eigenvalue weighted by atomic mass is 79.9. The van der Waals surface area contributed by atoms with E-state index >= 15 is 0 Å². The van der Waals surface area contributed by atoms with Gasteiger partial charge in [-0.25, -0.2) is 0 Å². The second kappa shape index (κ2) is 7.57. The third kappa shape index (κ3) is 4.51. The Balaban J connectivity index is 1.77. The Morgan fingerprint density at radius 2 is 1.80 bits per heavy atom. The summed E-state index contributed by atoms with van der Waals surface area (Å²) >= 11 is 3.45. The lowest BCUT2D eigenvalue weighted by molar-refractivity contribution is 0.301. The average Bonchev–Trinajstić information content (AvgIpc) is 2.60. The van der Waals surface area contributed by atoms with Gasteiger partial charge in [-0.2, -0.15) is 0 Å². The van der Waals surface area contributed by atoms with Crippen LogP contribution in [0.25, 0.3) is 0 Å². The Labute approximate surface area is 156 Å². The van der Waals surface area contributed by atoms with Crippen molar-refractivity contribution in [3.05, 3.63) is 81.6 Å². The molecule has 0 amide bonds. The highest BCUT2D eigenvalue weighted by Crippen LogP contribution is 2.29. The number of aromatic nitrogens is 1. The predicted molar refractivity (Wildman–Crippen MR) is 106 cm³/mol. The van der Waals surface area contributed by atoms with E-state index < -0.39 is 0 Å². The summed E-state index contributed by atoms with van der Waals surface area (Å²) in [7, 11) is 0. The maximum atomic E-state index is 6.15. The lowest BCUT2D eigenvalue weighted by Gasteiger charge is -2.13. The first-order chi connectivity index (χ1) is 12.0. The molecule has 5 heteroatoms. The summed E-state index contributed by atoms with van der Waals surface area (Å²) in [4.78, 5) is 4.35. The number of anilines is 2. The first-order valence-electron chi connectivity index (χ1n) is 7.98. The molecule has 1 heterocycles. The average molecular weight is 398 g/mol. The SMILES string of the molecule is Cc1ccc(COc2cc(N)c(N)c(Cc3ccc(Br)cc3)c2)nc1. The molecule has 0 aliphatic carbocycles. The fourth-order valence-electron chi connectivity index (χ4n) is 2.50. The van der Waals surface area contributed by atoms with Crippen molar-refractivity contribution >= 4 is 27.3 Å². The van der Waals surface area contributed by atoms with Gasteiger partial charge >= 0.3 is 0 Å². The summed E-state index contributed by atoms with van der Waals surface area (Å²) < 4.78 is 6.91. The molecule has 25 heavy (non-hydrogen) atoms. The molecule has 4 nitrogen and oxygen atoms in total. The second-order valence-corrected chi connectivity index (χ2v) is 6.92. The fraction of sp³-hybridized carbons (Fsp3) is 0.150. The Kier molecular flexibility index (Phi) is 5.24. The van der Waals surface area contributed by atoms with Gasteiger partial charge in [0.2, 0.25) is 0 Å². The van der Waals surface area contributed by atoms with Crippen LogP contribution in [0.5, 0.6) is 5.75 Å². The predicted octanol–water partition coefficient (Wildman–Crippen LogP) is 4.49. The number of hydrogen-bond acceptors (Lipinski definition) is 4. The topological polar surface area (TPSA) is 74.2 Å². The van der Waals surface area contributed by atoms with Crippen LogP contribution in [-0.4, -0.2) is 4.98 Å². The number of rotatable bonds is 5. The second-order valence-electron chi connectivity index (χ2n) is 6.00. The Bertz CT molecular complexity index is 861. The monoisotopic (exact) mass is 397 g/mol. The van der Waals surface area contributed by atoms with Crippen LogP contribution in [-0.2, 0) is 13.0 Å². The van der Waals surface area contributed by atoms with Crippen LogP contribution in [0, 0.1) is 6.92 Å². The zero-order valence-electron chi connectivity index (χ0n) is 14.0. The van der Waals surface area contributed by atoms with Crippen molar-refractivity contribution in [1.82, 2.24) is 4.98 Å². The Hall–Kier alpha value is -2.53. The van der Waals surface area contributed by atoms with Gasteiger partial charge < -0.3 is 16.2 Å². The summed E-state index contributed by atoms with van der Waals surface area (Å²) in [6.45, 7) is 2.40. The van der Waals surface area contributed by atoms with Gasteiger partial charge in [0.05, 0.1) is 17.1 Å². The molecule has 0 fully saturated rings. The number of pyridine rings is 1. The molecule has 0 unspecified atom stereocenters. The van der Waals surface area contributed by atoms with E-state index in [0.717, 1.165) is 26.9 Å². The van der Waals surface area contributed by atoms with Gasteiger partial charge in [-0.3, -0.25) is 4.98 Å². The molecule has 0 saturated carbocycles. The molecule has 0 spiro atoms. The summed E-state index contributed by atoms with van der Waals surface area (Å²) in [5.74, 6) is 0.696. The highest BCUT2D eigenvalue weighted by Gasteiger charge is 2.09. The van der Waals surface area contributed by atoms with Crippen LogP contribution >= 0.6 is 15.9 Å². The number of halogens is 1. The van der Waals surface area contributed by atoms with Gasteiger partial charge in [0, 0.05) is 16.7 Å². The highest BCUT2D eigenvalue weighted by molar-refractivity contribution is 9.10. The number of benzene rings is 2. The van der Waals surface area contributed by atoms with Gasteiger partial charge in [0.1, 0.15) is 12.4 Å². The van der Waals surface area contributed by atoms with Crippen LogP contribution in [0.3, 0.4) is 0 Å². The minimum atomic E-state index is 0.390. The lowest BCUT2D eigenvalue weighted by Crippen LogP contribution is -2.04. The zero-order chi connectivity index (χ0) is 17.8. The van der Waals surface area contributed by atoms with Crippen molar-refractivity contribution in [1.29, 1.82) is 0 Å². The van der Waals surface area contributed by atoms with Crippen molar-refractivity contribution in [2.45, 2.75) is 20.0 Å². The van der Waals surface area contributed by atoms with Crippen LogP contribution in [0.2, 0.25) is 0 Å². The maximum Gasteiger partial charge on any atom is 0.130 e. The van der Waals surface area contributed by atoms with Gasteiger partial charge in [-0.05, 0) is 54.3 Å². The van der Waals surface area contributed by atoms with E-state index in [-0.39, 0.29) is 0 Å². The van der Waals surface area contributed by atoms with Gasteiger partial charge in [0.25, 0.3) is 0 Å². The fourth-order valence-corrected chi connectivity index (χ4v) is 2.76. The quantitative estimate of drug-likeness (QED) is 0.622. The number of hydrogen-bond donors (Lipinski definition) is 2. The van der Waals surface area contributed by atoms with Crippen LogP contribution in [0.15, 0.2) is 59.2 Å². The third-order valence-corrected chi connectivity index (χ3v) is 4.47. The standard InChI is InChI=1S/C20H20BrN3O/c1-13-2-7-17(24-11-13)12-25-18-9-15(20(23)19(22)10-18)8-14-3-5-16(21)6-4-14/h2-7,9-11H,8,12,22-23H2,1H3. The normalized spacial score (nSPS) is 10.6. The van der Waals surface area contributed by atoms with Crippen molar-refractivity contribution < 1.29 is 4.74 Å². The molecule has 2 aromatic carbocycles. The van der Waals surface area contributed by atoms with E-state index in [0.29, 0.717) is 30.2 Å². The van der Waals surface area contributed by atoms with E-state index in [2.05, 4.69) is 33.0 Å². The zero-order valence-corrected chi connectivity index (χ0v) is 15.6. The first kappa shape index (κ1) is 17.3. The molecule has 0 aliphatic heterocycles. The number of nitrogens with two attached hydrogens (primary N) is 2. The summed E-state index contributed by atoms with van der Waals surface area (Å²) in [5.41, 5.74) is 17.4. The summed E-state index contributed by atoms with van der Waals surface area (Å²) in [6.07, 6.45) is 2.53. The molecular formula is C20H20BrN3O. The molecular weight excluding hydrogens is 378 g/mol. The van der Waals surface area contributed by atoms with Gasteiger partial charge in [0.15, 0.2) is 0 Å². The van der Waals surface area contributed by atoms with Crippen molar-refractivity contribution in [3.8, 4) is 5.75 Å². The van der Waals surface area contributed by atoms with Crippen LogP contribution in [0.1, 0.15) is 22.4 Å². The summed E-state index contributed by atoms with van der Waals surface area (Å²) in [5, 5.41) is 0. The molecule has 3 aromatic rings. The first-order valence-corrected chi connectivity index (χ1v) is 8.77. The van der Waals surface area contributed by atoms with Crippen molar-refractivity contribution in [2.75, 3.05) is 11.5 Å². The number of ether oxygens (including phenoxy) is 1. The molecule has 128 valence electrons. The van der Waals surface area contributed by atoms with Gasteiger partial charge in [-0.15, -0.1) is 0 Å². The minimum Gasteiger partial charge on any atom is -0.487 e. The summed E-state index contributed by atoms with van der Waals surface area (Å²) in [6, 6.07) is 15.8. The van der Waals surface area contributed by atoms with E-state index in [9.17, 15) is 0 Å². The lowest BCUT2D eigenvalue weighted by atomic mass is 10.0. The van der Waals surface area contributed by atoms with Crippen molar-refractivity contribution in [2.24, 2.45) is 0 Å². The molecule has 0 radical (unpaired) electrons. The Morgan fingerprint density at radius 1 is 1.04 bits per heavy atom. The molecule has 3 rings (SSSR count). The largest absolute Gasteiger partial charge is 0.487 e. The third-order valence-electron chi connectivity index (χ3n) is 3.94. The van der Waals surface area contributed by atoms with E-state index in [1.54, 1.807) is 6.07 Å². The number of aryl methyl sites for hydroxylation is 1. The van der Waals surface area contributed by atoms with E-state index in [1.807, 2.05) is 43.5 Å². The van der Waals surface area contributed by atoms with E-state index in [1.165, 1.54) is 0 Å². The van der Waals surface area contributed by atoms with Gasteiger partial charge in [-0.1, -0.05) is 34.1 Å². The molecule has 0 bridgehead atoms. The molecule has 0 aliphatic rings. The minimum absolute atomic E-state index is 0.390. The van der Waals surface area contributed by atoms with Crippen LogP contribution < -0.4 is 16.2 Å². The van der Waals surface area contributed by atoms with Crippen LogP contribution in [0.4, 0.5) is 11.4 Å². The molecule has 0 saturated heterocycles. The maximum absolute atomic E-state index is 6.15. The number of nitrogen functional groups attached to an aromatic ring is 2. The number of nitrogens with zero attached hydrogens (tertiary/aromatic N) is 1. The molecule has 0 atom stereocenters. The van der Waals surface area contributed by atoms with Crippen molar-refractivity contribution in [3.63, 3.8) is 0 Å².